The quantitative estimate of drug-likeness (QED) is 0.798. The Labute approximate surface area is 124 Å². The molecule has 0 spiro atoms. The first-order valence-corrected chi connectivity index (χ1v) is 8.07. The highest BCUT2D eigenvalue weighted by atomic mass is 32.1. The third kappa shape index (κ3) is 3.62. The van der Waals surface area contributed by atoms with Crippen molar-refractivity contribution in [2.24, 2.45) is 0 Å². The van der Waals surface area contributed by atoms with Crippen molar-refractivity contribution in [3.63, 3.8) is 0 Å². The van der Waals surface area contributed by atoms with Crippen molar-refractivity contribution >= 4 is 28.2 Å². The maximum Gasteiger partial charge on any atom is 0.265 e. The summed E-state index contributed by atoms with van der Waals surface area (Å²) in [4.78, 5) is 17.1. The van der Waals surface area contributed by atoms with E-state index in [2.05, 4.69) is 22.5 Å². The molecule has 0 bridgehead atoms. The van der Waals surface area contributed by atoms with E-state index in [1.54, 1.807) is 0 Å². The standard InChI is InChI=1S/C14H24N4OS/c1-9(2)16-13-17-11(15)10(20-13)12(19)18-14(3)7-5-4-6-8-14/h9H,4-8,15H2,1-3H3,(H,16,17)(H,18,19). The molecule has 0 atom stereocenters. The van der Waals surface area contributed by atoms with Crippen molar-refractivity contribution in [1.29, 1.82) is 0 Å². The third-order valence-corrected chi connectivity index (χ3v) is 4.65. The molecule has 1 aromatic rings. The van der Waals surface area contributed by atoms with E-state index in [0.717, 1.165) is 12.8 Å². The van der Waals surface area contributed by atoms with Gasteiger partial charge in [-0.3, -0.25) is 4.79 Å². The maximum absolute atomic E-state index is 12.4. The highest BCUT2D eigenvalue weighted by Crippen LogP contribution is 2.30. The molecule has 20 heavy (non-hydrogen) atoms. The second kappa shape index (κ2) is 5.99. The largest absolute Gasteiger partial charge is 0.382 e. The molecule has 1 aromatic heterocycles. The molecule has 0 radical (unpaired) electrons. The SMILES string of the molecule is CC(C)Nc1nc(N)c(C(=O)NC2(C)CCCCC2)s1. The number of anilines is 2. The summed E-state index contributed by atoms with van der Waals surface area (Å²) < 4.78 is 0. The van der Waals surface area contributed by atoms with Crippen LogP contribution in [0.25, 0.3) is 0 Å². The van der Waals surface area contributed by atoms with Crippen LogP contribution in [0.4, 0.5) is 10.9 Å². The average Bonchev–Trinajstić information content (AvgIpc) is 2.69. The molecule has 4 N–H and O–H groups in total. The maximum atomic E-state index is 12.4. The minimum absolute atomic E-state index is 0.0961. The molecule has 1 heterocycles. The van der Waals surface area contributed by atoms with Crippen LogP contribution >= 0.6 is 11.3 Å². The lowest BCUT2D eigenvalue weighted by Crippen LogP contribution is -2.47. The third-order valence-electron chi connectivity index (χ3n) is 3.64. The van der Waals surface area contributed by atoms with Crippen LogP contribution < -0.4 is 16.4 Å². The normalized spacial score (nSPS) is 18.0. The first-order valence-electron chi connectivity index (χ1n) is 7.25. The Morgan fingerprint density at radius 2 is 2.00 bits per heavy atom. The molecular weight excluding hydrogens is 272 g/mol. The predicted molar refractivity (Wildman–Crippen MR) is 84.2 cm³/mol. The number of rotatable bonds is 4. The summed E-state index contributed by atoms with van der Waals surface area (Å²) in [6, 6.07) is 0.271. The number of nitrogens with one attached hydrogen (secondary N) is 2. The summed E-state index contributed by atoms with van der Waals surface area (Å²) in [6.45, 7) is 6.18. The summed E-state index contributed by atoms with van der Waals surface area (Å²) in [5.74, 6) is 0.219. The van der Waals surface area contributed by atoms with Crippen LogP contribution in [-0.2, 0) is 0 Å². The summed E-state index contributed by atoms with van der Waals surface area (Å²) in [6.07, 6.45) is 5.68. The van der Waals surface area contributed by atoms with Crippen LogP contribution in [0.15, 0.2) is 0 Å². The van der Waals surface area contributed by atoms with E-state index in [4.69, 9.17) is 5.73 Å². The van der Waals surface area contributed by atoms with Gasteiger partial charge in [0.15, 0.2) is 5.13 Å². The lowest BCUT2D eigenvalue weighted by atomic mass is 9.83. The van der Waals surface area contributed by atoms with E-state index in [0.29, 0.717) is 15.8 Å². The topological polar surface area (TPSA) is 80.0 Å². The van der Waals surface area contributed by atoms with E-state index in [9.17, 15) is 4.79 Å². The fourth-order valence-corrected chi connectivity index (χ4v) is 3.52. The van der Waals surface area contributed by atoms with Gasteiger partial charge in [-0.25, -0.2) is 4.98 Å². The zero-order chi connectivity index (χ0) is 14.8. The van der Waals surface area contributed by atoms with Crippen LogP contribution in [0.3, 0.4) is 0 Å². The summed E-state index contributed by atoms with van der Waals surface area (Å²) >= 11 is 1.32. The number of carbonyl (C=O) groups is 1. The number of hydrogen-bond acceptors (Lipinski definition) is 5. The summed E-state index contributed by atoms with van der Waals surface area (Å²) in [5.41, 5.74) is 5.76. The number of carbonyl (C=O) groups excluding carboxylic acids is 1. The Hall–Kier alpha value is -1.30. The molecule has 0 unspecified atom stereocenters. The molecule has 5 nitrogen and oxygen atoms in total. The van der Waals surface area contributed by atoms with Crippen LogP contribution in [-0.4, -0.2) is 22.5 Å². The molecule has 2 rings (SSSR count). The number of nitrogen functional groups attached to an aromatic ring is 1. The van der Waals surface area contributed by atoms with Crippen molar-refractivity contribution in [3.05, 3.63) is 4.88 Å². The van der Waals surface area contributed by atoms with Gasteiger partial charge < -0.3 is 16.4 Å². The molecule has 1 aliphatic rings. The van der Waals surface area contributed by atoms with Crippen LogP contribution in [0.1, 0.15) is 62.5 Å². The minimum atomic E-state index is -0.0998. The Bertz CT molecular complexity index is 478. The van der Waals surface area contributed by atoms with Gasteiger partial charge in [0.05, 0.1) is 0 Å². The van der Waals surface area contributed by atoms with Gasteiger partial charge in [0, 0.05) is 11.6 Å². The predicted octanol–water partition coefficient (Wildman–Crippen LogP) is 3.00. The molecule has 0 aliphatic heterocycles. The van der Waals surface area contributed by atoms with Crippen molar-refractivity contribution < 1.29 is 4.79 Å². The minimum Gasteiger partial charge on any atom is -0.382 e. The van der Waals surface area contributed by atoms with Crippen molar-refractivity contribution in [2.75, 3.05) is 11.1 Å². The molecule has 112 valence electrons. The van der Waals surface area contributed by atoms with Gasteiger partial charge in [-0.2, -0.15) is 0 Å². The summed E-state index contributed by atoms with van der Waals surface area (Å²) in [7, 11) is 0. The van der Waals surface area contributed by atoms with Gasteiger partial charge in [0.1, 0.15) is 10.7 Å². The second-order valence-corrected chi connectivity index (χ2v) is 7.11. The van der Waals surface area contributed by atoms with E-state index >= 15 is 0 Å². The highest BCUT2D eigenvalue weighted by molar-refractivity contribution is 7.18. The van der Waals surface area contributed by atoms with Crippen molar-refractivity contribution in [3.8, 4) is 0 Å². The fraction of sp³-hybridized carbons (Fsp3) is 0.714. The smallest absolute Gasteiger partial charge is 0.265 e. The zero-order valence-electron chi connectivity index (χ0n) is 12.5. The molecule has 0 aromatic carbocycles. The van der Waals surface area contributed by atoms with Gasteiger partial charge in [0.2, 0.25) is 0 Å². The van der Waals surface area contributed by atoms with Gasteiger partial charge in [-0.1, -0.05) is 30.6 Å². The molecule has 1 fully saturated rings. The molecule has 1 aliphatic carbocycles. The first-order chi connectivity index (χ1) is 9.39. The number of aromatic nitrogens is 1. The van der Waals surface area contributed by atoms with Gasteiger partial charge in [-0.05, 0) is 33.6 Å². The summed E-state index contributed by atoms with van der Waals surface area (Å²) in [5, 5.41) is 7.03. The molecule has 6 heteroatoms. The van der Waals surface area contributed by atoms with Gasteiger partial charge >= 0.3 is 0 Å². The number of hydrogen-bond donors (Lipinski definition) is 3. The molecule has 1 saturated carbocycles. The Kier molecular flexibility index (Phi) is 4.52. The lowest BCUT2D eigenvalue weighted by molar-refractivity contribution is 0.0887. The van der Waals surface area contributed by atoms with Gasteiger partial charge in [0.25, 0.3) is 5.91 Å². The number of nitrogens with zero attached hydrogens (tertiary/aromatic N) is 1. The number of amides is 1. The van der Waals surface area contributed by atoms with E-state index in [-0.39, 0.29) is 17.5 Å². The van der Waals surface area contributed by atoms with Crippen LogP contribution in [0.2, 0.25) is 0 Å². The molecule has 1 amide bonds. The number of nitrogens with two attached hydrogens (primary N) is 1. The lowest BCUT2D eigenvalue weighted by Gasteiger charge is -2.34. The first kappa shape index (κ1) is 15.1. The fourth-order valence-electron chi connectivity index (χ4n) is 2.59. The van der Waals surface area contributed by atoms with Crippen LogP contribution in [0.5, 0.6) is 0 Å². The Morgan fingerprint density at radius 1 is 1.35 bits per heavy atom. The van der Waals surface area contributed by atoms with Gasteiger partial charge in [-0.15, -0.1) is 0 Å². The zero-order valence-corrected chi connectivity index (χ0v) is 13.3. The Morgan fingerprint density at radius 3 is 2.60 bits per heavy atom. The van der Waals surface area contributed by atoms with E-state index < -0.39 is 0 Å². The highest BCUT2D eigenvalue weighted by Gasteiger charge is 2.30. The van der Waals surface area contributed by atoms with Crippen molar-refractivity contribution in [1.82, 2.24) is 10.3 Å². The van der Waals surface area contributed by atoms with E-state index in [1.165, 1.54) is 30.6 Å². The van der Waals surface area contributed by atoms with Crippen molar-refractivity contribution in [2.45, 2.75) is 64.5 Å². The Balaban J connectivity index is 2.06. The van der Waals surface area contributed by atoms with E-state index in [1.807, 2.05) is 13.8 Å². The second-order valence-electron chi connectivity index (χ2n) is 6.11. The van der Waals surface area contributed by atoms with Crippen LogP contribution in [0, 0.1) is 0 Å². The molecular formula is C14H24N4OS. The number of thiazole rings is 1. The molecule has 0 saturated heterocycles. The monoisotopic (exact) mass is 296 g/mol. The average molecular weight is 296 g/mol.